The maximum Gasteiger partial charge on any atom is 0.335 e. The Morgan fingerprint density at radius 3 is 2.38 bits per heavy atom. The Morgan fingerprint density at radius 2 is 1.72 bits per heavy atom. The van der Waals surface area contributed by atoms with E-state index in [0.717, 1.165) is 5.56 Å². The summed E-state index contributed by atoms with van der Waals surface area (Å²) in [6, 6.07) is 17.9. The lowest BCUT2D eigenvalue weighted by atomic mass is 10.1. The number of aromatic carboxylic acids is 1. The van der Waals surface area contributed by atoms with Gasteiger partial charge in [-0.15, -0.1) is 0 Å². The Morgan fingerprint density at radius 1 is 1.03 bits per heavy atom. The lowest BCUT2D eigenvalue weighted by Crippen LogP contribution is -2.30. The van der Waals surface area contributed by atoms with Gasteiger partial charge >= 0.3 is 5.97 Å². The van der Waals surface area contributed by atoms with Gasteiger partial charge in [-0.1, -0.05) is 57.1 Å². The van der Waals surface area contributed by atoms with Crippen LogP contribution in [0.1, 0.15) is 47.6 Å². The van der Waals surface area contributed by atoms with Gasteiger partial charge in [-0.3, -0.25) is 9.00 Å². The number of carboxylic acids is 1. The van der Waals surface area contributed by atoms with Gasteiger partial charge in [0.05, 0.1) is 28.3 Å². The highest BCUT2D eigenvalue weighted by molar-refractivity contribution is 8.00. The Labute approximate surface area is 194 Å². The maximum atomic E-state index is 13.7. The fraction of sp³-hybridized carbons (Fsp3) is 0.160. The lowest BCUT2D eigenvalue weighted by Gasteiger charge is -2.24. The van der Waals surface area contributed by atoms with E-state index in [0.29, 0.717) is 14.8 Å². The van der Waals surface area contributed by atoms with Gasteiger partial charge in [0.25, 0.3) is 5.91 Å². The minimum Gasteiger partial charge on any atom is -0.478 e. The number of benzene rings is 3. The highest BCUT2D eigenvalue weighted by Crippen LogP contribution is 2.38. The van der Waals surface area contributed by atoms with Crippen molar-refractivity contribution in [3.63, 3.8) is 0 Å². The Bertz CT molecular complexity index is 1270. The van der Waals surface area contributed by atoms with Crippen LogP contribution in [0.2, 0.25) is 5.02 Å². The smallest absolute Gasteiger partial charge is 0.335 e. The standard InChI is InChI=1S/C22H16ClNO4S.C2H6.CH4/c1-29(28)19-8-3-2-7-17(19)21(25)24(13-14-5-4-6-16(23)11-14)18-12-15(22(26)27)9-10-20(18)29;1-2;/h2-12H,1,13H2,(H,26,27);1-2H3;1H4. The number of anilines is 1. The zero-order valence-electron chi connectivity index (χ0n) is 17.2. The molecule has 0 saturated carbocycles. The van der Waals surface area contributed by atoms with E-state index in [-0.39, 0.29) is 36.7 Å². The summed E-state index contributed by atoms with van der Waals surface area (Å²) >= 11 is 6.09. The molecule has 1 atom stereocenters. The fourth-order valence-corrected chi connectivity index (χ4v) is 5.47. The first-order valence-electron chi connectivity index (χ1n) is 9.69. The molecule has 5 nitrogen and oxygen atoms in total. The van der Waals surface area contributed by atoms with Gasteiger partial charge in [-0.2, -0.15) is 0 Å². The van der Waals surface area contributed by atoms with Gasteiger partial charge in [-0.05, 0) is 53.9 Å². The average molecular weight is 472 g/mol. The second-order valence-corrected chi connectivity index (χ2v) is 9.35. The molecule has 1 amide bonds. The van der Waals surface area contributed by atoms with Crippen molar-refractivity contribution < 1.29 is 18.9 Å². The number of nitrogens with zero attached hydrogens (tertiary/aromatic N) is 1. The van der Waals surface area contributed by atoms with E-state index in [1.54, 1.807) is 42.5 Å². The van der Waals surface area contributed by atoms with E-state index in [1.807, 2.05) is 19.9 Å². The molecule has 168 valence electrons. The van der Waals surface area contributed by atoms with Crippen LogP contribution >= 0.6 is 11.6 Å². The normalized spacial score (nSPS) is 16.5. The molecule has 0 bridgehead atoms. The summed E-state index contributed by atoms with van der Waals surface area (Å²) in [4.78, 5) is 27.1. The Balaban J connectivity index is 0.00000118. The van der Waals surface area contributed by atoms with E-state index in [1.165, 1.54) is 23.1 Å². The molecule has 0 saturated heterocycles. The molecule has 4 rings (SSSR count). The third kappa shape index (κ3) is 4.56. The summed E-state index contributed by atoms with van der Waals surface area (Å²) in [5.41, 5.74) is 1.30. The van der Waals surface area contributed by atoms with Crippen LogP contribution in [0.25, 0.3) is 0 Å². The van der Waals surface area contributed by atoms with Crippen LogP contribution in [0.15, 0.2) is 76.5 Å². The number of fused-ring (bicyclic) bond motifs is 2. The monoisotopic (exact) mass is 471 g/mol. The maximum absolute atomic E-state index is 13.7. The molecular formula is C25H26ClNO4S. The van der Waals surface area contributed by atoms with E-state index < -0.39 is 15.5 Å². The third-order valence-electron chi connectivity index (χ3n) is 4.80. The SMILES string of the molecule is C.C=S1(=O)c2ccccc2C(=O)N(Cc2cccc(Cl)c2)c2cc(C(=O)O)ccc21.CC. The van der Waals surface area contributed by atoms with Crippen molar-refractivity contribution in [2.45, 2.75) is 37.6 Å². The second kappa shape index (κ2) is 10.0. The van der Waals surface area contributed by atoms with Crippen LogP contribution in [0.5, 0.6) is 0 Å². The van der Waals surface area contributed by atoms with Crippen molar-refractivity contribution in [2.75, 3.05) is 4.90 Å². The molecule has 1 heterocycles. The van der Waals surface area contributed by atoms with Gasteiger partial charge in [0.15, 0.2) is 0 Å². The highest BCUT2D eigenvalue weighted by atomic mass is 35.5. The van der Waals surface area contributed by atoms with Crippen LogP contribution < -0.4 is 4.90 Å². The molecule has 0 fully saturated rings. The van der Waals surface area contributed by atoms with Gasteiger partial charge in [0.1, 0.15) is 0 Å². The van der Waals surface area contributed by atoms with Gasteiger partial charge in [-0.25, -0.2) is 4.79 Å². The topological polar surface area (TPSA) is 74.7 Å². The molecule has 3 aromatic carbocycles. The van der Waals surface area contributed by atoms with Gasteiger partial charge in [0.2, 0.25) is 0 Å². The van der Waals surface area contributed by atoms with Crippen molar-refractivity contribution in [2.24, 2.45) is 0 Å². The Kier molecular flexibility index (Phi) is 7.88. The molecule has 1 aliphatic rings. The molecular weight excluding hydrogens is 446 g/mol. The average Bonchev–Trinajstić information content (AvgIpc) is 2.83. The first-order valence-corrected chi connectivity index (χ1v) is 11.8. The highest BCUT2D eigenvalue weighted by Gasteiger charge is 2.33. The van der Waals surface area contributed by atoms with Crippen molar-refractivity contribution in [3.8, 4) is 0 Å². The number of halogens is 1. The molecule has 3 aromatic rings. The molecule has 0 spiro atoms. The molecule has 1 aliphatic heterocycles. The number of carbonyl (C=O) groups is 2. The molecule has 7 heteroatoms. The zero-order valence-corrected chi connectivity index (χ0v) is 18.7. The first-order chi connectivity index (χ1) is 14.8. The lowest BCUT2D eigenvalue weighted by molar-refractivity contribution is 0.0696. The largest absolute Gasteiger partial charge is 0.478 e. The van der Waals surface area contributed by atoms with Crippen LogP contribution in [0.4, 0.5) is 5.69 Å². The summed E-state index contributed by atoms with van der Waals surface area (Å²) in [7, 11) is -3.03. The number of hydrogen-bond acceptors (Lipinski definition) is 3. The minimum absolute atomic E-state index is 0. The van der Waals surface area contributed by atoms with E-state index in [4.69, 9.17) is 11.6 Å². The summed E-state index contributed by atoms with van der Waals surface area (Å²) in [5.74, 6) is 2.40. The minimum atomic E-state index is -3.03. The quantitative estimate of drug-likeness (QED) is 0.475. The summed E-state index contributed by atoms with van der Waals surface area (Å²) in [5, 5.41) is 9.95. The summed E-state index contributed by atoms with van der Waals surface area (Å²) < 4.78 is 13.7. The first kappa shape index (κ1) is 25.2. The van der Waals surface area contributed by atoms with Crippen molar-refractivity contribution in [1.82, 2.24) is 0 Å². The van der Waals surface area contributed by atoms with Crippen molar-refractivity contribution >= 4 is 44.6 Å². The predicted octanol–water partition coefficient (Wildman–Crippen LogP) is 6.00. The summed E-state index contributed by atoms with van der Waals surface area (Å²) in [6.45, 7) is 4.14. The number of carbonyl (C=O) groups excluding carboxylic acids is 1. The predicted molar refractivity (Wildman–Crippen MR) is 132 cm³/mol. The second-order valence-electron chi connectivity index (χ2n) is 6.68. The fourth-order valence-electron chi connectivity index (χ4n) is 3.42. The van der Waals surface area contributed by atoms with Crippen molar-refractivity contribution in [3.05, 3.63) is 88.4 Å². The Hall–Kier alpha value is -3.09. The van der Waals surface area contributed by atoms with E-state index in [2.05, 4.69) is 5.87 Å². The van der Waals surface area contributed by atoms with Crippen molar-refractivity contribution in [1.29, 1.82) is 0 Å². The molecule has 1 unspecified atom stereocenters. The van der Waals surface area contributed by atoms with Crippen LogP contribution in [-0.4, -0.2) is 27.1 Å². The molecule has 0 radical (unpaired) electrons. The van der Waals surface area contributed by atoms with E-state index in [9.17, 15) is 18.9 Å². The summed E-state index contributed by atoms with van der Waals surface area (Å²) in [6.07, 6.45) is 0. The molecule has 32 heavy (non-hydrogen) atoms. The van der Waals surface area contributed by atoms with Gasteiger partial charge < -0.3 is 10.0 Å². The van der Waals surface area contributed by atoms with Crippen LogP contribution in [0, 0.1) is 0 Å². The molecule has 1 N–H and O–H groups in total. The third-order valence-corrected chi connectivity index (χ3v) is 7.16. The number of amides is 1. The number of hydrogen-bond donors (Lipinski definition) is 1. The molecule has 0 aliphatic carbocycles. The van der Waals surface area contributed by atoms with Gasteiger partial charge in [0, 0.05) is 19.4 Å². The number of carboxylic acid groups (broad SMARTS) is 1. The van der Waals surface area contributed by atoms with Crippen LogP contribution in [0.3, 0.4) is 0 Å². The van der Waals surface area contributed by atoms with E-state index >= 15 is 0 Å². The van der Waals surface area contributed by atoms with Crippen LogP contribution in [-0.2, 0) is 16.1 Å². The number of rotatable bonds is 3. The molecule has 0 aromatic heterocycles. The zero-order chi connectivity index (χ0) is 22.8.